The summed E-state index contributed by atoms with van der Waals surface area (Å²) in [4.78, 5) is 16.1. The molecule has 136 valence electrons. The van der Waals surface area contributed by atoms with E-state index in [4.69, 9.17) is 0 Å². The normalized spacial score (nSPS) is 21.3. The average molecular weight is 357 g/mol. The first kappa shape index (κ1) is 17.4. The Morgan fingerprint density at radius 3 is 2.64 bits per heavy atom. The number of carbonyl (C=O) groups is 1. The van der Waals surface area contributed by atoms with Crippen LogP contribution in [-0.4, -0.2) is 74.1 Å². The summed E-state index contributed by atoms with van der Waals surface area (Å²) in [6.45, 7) is 1.94. The highest BCUT2D eigenvalue weighted by atomic mass is 19.4. The van der Waals surface area contributed by atoms with Gasteiger partial charge in [-0.05, 0) is 21.0 Å². The number of aromatic nitrogens is 5. The van der Waals surface area contributed by atoms with Gasteiger partial charge in [-0.15, -0.1) is 5.10 Å². The zero-order chi connectivity index (χ0) is 18.4. The Hall–Kier alpha value is -2.43. The summed E-state index contributed by atoms with van der Waals surface area (Å²) in [5.41, 5.74) is -1.51. The quantitative estimate of drug-likeness (QED) is 0.885. The van der Waals surface area contributed by atoms with Crippen LogP contribution >= 0.6 is 0 Å². The first-order valence-corrected chi connectivity index (χ1v) is 7.63. The van der Waals surface area contributed by atoms with Crippen LogP contribution in [-0.2, 0) is 6.18 Å². The fraction of sp³-hybridized carbons (Fsp3) is 0.571. The summed E-state index contributed by atoms with van der Waals surface area (Å²) >= 11 is 0. The molecule has 2 aromatic heterocycles. The molecule has 1 N–H and O–H groups in total. The third kappa shape index (κ3) is 3.11. The van der Waals surface area contributed by atoms with Crippen LogP contribution in [0.15, 0.2) is 12.4 Å². The second kappa shape index (κ2) is 6.14. The molecule has 2 atom stereocenters. The third-order valence-electron chi connectivity index (χ3n) is 4.42. The Balaban J connectivity index is 1.91. The van der Waals surface area contributed by atoms with Crippen LogP contribution in [0.5, 0.6) is 0 Å². The molecule has 0 unspecified atom stereocenters. The molecule has 0 aromatic carbocycles. The number of carbonyl (C=O) groups excluding carboxylic acids is 1. The van der Waals surface area contributed by atoms with Gasteiger partial charge in [0, 0.05) is 25.0 Å². The van der Waals surface area contributed by atoms with E-state index in [9.17, 15) is 18.0 Å². The average Bonchev–Trinajstić information content (AvgIpc) is 3.24. The van der Waals surface area contributed by atoms with Crippen molar-refractivity contribution in [2.75, 3.05) is 27.2 Å². The zero-order valence-electron chi connectivity index (χ0n) is 13.9. The van der Waals surface area contributed by atoms with Crippen molar-refractivity contribution in [2.24, 2.45) is 0 Å². The molecular formula is C14H18F3N7O. The van der Waals surface area contributed by atoms with Crippen molar-refractivity contribution in [1.29, 1.82) is 0 Å². The monoisotopic (exact) mass is 357 g/mol. The van der Waals surface area contributed by atoms with Gasteiger partial charge in [-0.1, -0.05) is 5.21 Å². The SMILES string of the molecule is Cc1[nH]nc(C(F)(F)F)c1C(=O)N1C[C@@H](N(C)C)[C@@H](n2ccnn2)C1. The smallest absolute Gasteiger partial charge is 0.335 e. The summed E-state index contributed by atoms with van der Waals surface area (Å²) in [5.74, 6) is -0.687. The van der Waals surface area contributed by atoms with E-state index < -0.39 is 23.3 Å². The number of rotatable bonds is 3. The maximum Gasteiger partial charge on any atom is 0.435 e. The van der Waals surface area contributed by atoms with E-state index in [-0.39, 0.29) is 30.9 Å². The maximum atomic E-state index is 13.1. The zero-order valence-corrected chi connectivity index (χ0v) is 13.9. The Morgan fingerprint density at radius 2 is 2.08 bits per heavy atom. The van der Waals surface area contributed by atoms with E-state index in [0.29, 0.717) is 0 Å². The molecule has 0 radical (unpaired) electrons. The number of likely N-dealkylation sites (N-methyl/N-ethyl adjacent to an activating group) is 1. The van der Waals surface area contributed by atoms with E-state index in [0.717, 1.165) is 0 Å². The first-order chi connectivity index (χ1) is 11.7. The number of aryl methyl sites for hydroxylation is 1. The lowest BCUT2D eigenvalue weighted by Gasteiger charge is -2.24. The van der Waals surface area contributed by atoms with Gasteiger partial charge in [0.15, 0.2) is 5.69 Å². The largest absolute Gasteiger partial charge is 0.435 e. The van der Waals surface area contributed by atoms with E-state index >= 15 is 0 Å². The predicted octanol–water partition coefficient (Wildman–Crippen LogP) is 0.956. The summed E-state index contributed by atoms with van der Waals surface area (Å²) in [7, 11) is 3.71. The lowest BCUT2D eigenvalue weighted by molar-refractivity contribution is -0.141. The third-order valence-corrected chi connectivity index (χ3v) is 4.42. The highest BCUT2D eigenvalue weighted by molar-refractivity contribution is 5.96. The summed E-state index contributed by atoms with van der Waals surface area (Å²) in [6, 6.07) is -0.282. The lowest BCUT2D eigenvalue weighted by atomic mass is 10.1. The molecule has 25 heavy (non-hydrogen) atoms. The Kier molecular flexibility index (Phi) is 4.27. The van der Waals surface area contributed by atoms with Crippen LogP contribution in [0.3, 0.4) is 0 Å². The predicted molar refractivity (Wildman–Crippen MR) is 80.8 cm³/mol. The minimum atomic E-state index is -4.69. The molecule has 3 heterocycles. The van der Waals surface area contributed by atoms with Crippen molar-refractivity contribution in [3.8, 4) is 0 Å². The highest BCUT2D eigenvalue weighted by Crippen LogP contribution is 2.33. The Labute approximate surface area is 141 Å². The number of amides is 1. The molecule has 0 spiro atoms. The molecule has 3 rings (SSSR count). The van der Waals surface area contributed by atoms with Crippen LogP contribution in [0, 0.1) is 6.92 Å². The minimum absolute atomic E-state index is 0.0906. The summed E-state index contributed by atoms with van der Waals surface area (Å²) < 4.78 is 41.0. The van der Waals surface area contributed by atoms with Crippen molar-refractivity contribution < 1.29 is 18.0 Å². The molecule has 1 aliphatic rings. The van der Waals surface area contributed by atoms with Crippen LogP contribution in [0.2, 0.25) is 0 Å². The first-order valence-electron chi connectivity index (χ1n) is 7.63. The topological polar surface area (TPSA) is 82.9 Å². The number of aromatic amines is 1. The Bertz CT molecular complexity index is 753. The van der Waals surface area contributed by atoms with Gasteiger partial charge in [-0.25, -0.2) is 4.68 Å². The van der Waals surface area contributed by atoms with E-state index in [1.54, 1.807) is 10.9 Å². The number of halogens is 3. The van der Waals surface area contributed by atoms with Gasteiger partial charge in [-0.2, -0.15) is 18.3 Å². The minimum Gasteiger partial charge on any atom is -0.335 e. The van der Waals surface area contributed by atoms with Crippen LogP contribution in [0.4, 0.5) is 13.2 Å². The summed E-state index contributed by atoms with van der Waals surface area (Å²) in [6.07, 6.45) is -1.49. The second-order valence-electron chi connectivity index (χ2n) is 6.26. The number of likely N-dealkylation sites (tertiary alicyclic amines) is 1. The molecule has 1 aliphatic heterocycles. The standard InChI is InChI=1S/C14H18F3N7O/c1-8-11(12(20-19-8)14(15,16)17)13(25)23-6-9(22(2)3)10(7-23)24-5-4-18-21-24/h4-5,9-10H,6-7H2,1-3H3,(H,19,20)/t9-,10+/m1/s1. The molecule has 1 saturated heterocycles. The fourth-order valence-electron chi connectivity index (χ4n) is 3.15. The molecule has 0 aliphatic carbocycles. The highest BCUT2D eigenvalue weighted by Gasteiger charge is 2.44. The van der Waals surface area contributed by atoms with Gasteiger partial charge in [0.1, 0.15) is 0 Å². The molecule has 0 bridgehead atoms. The van der Waals surface area contributed by atoms with Gasteiger partial charge in [-0.3, -0.25) is 9.89 Å². The van der Waals surface area contributed by atoms with Crippen LogP contribution in [0.1, 0.15) is 27.8 Å². The Morgan fingerprint density at radius 1 is 1.36 bits per heavy atom. The van der Waals surface area contributed by atoms with Crippen molar-refractivity contribution in [3.05, 3.63) is 29.3 Å². The van der Waals surface area contributed by atoms with Gasteiger partial charge in [0.25, 0.3) is 5.91 Å². The number of alkyl halides is 3. The number of hydrogen-bond donors (Lipinski definition) is 1. The van der Waals surface area contributed by atoms with Gasteiger partial charge in [0.05, 0.1) is 23.8 Å². The lowest BCUT2D eigenvalue weighted by Crippen LogP contribution is -2.37. The van der Waals surface area contributed by atoms with E-state index in [2.05, 4.69) is 20.5 Å². The second-order valence-corrected chi connectivity index (χ2v) is 6.26. The van der Waals surface area contributed by atoms with Crippen LogP contribution in [0.25, 0.3) is 0 Å². The summed E-state index contributed by atoms with van der Waals surface area (Å²) in [5, 5.41) is 13.3. The molecule has 1 amide bonds. The van der Waals surface area contributed by atoms with Crippen molar-refractivity contribution in [2.45, 2.75) is 25.2 Å². The molecule has 8 nitrogen and oxygen atoms in total. The van der Waals surface area contributed by atoms with Crippen molar-refractivity contribution >= 4 is 5.91 Å². The van der Waals surface area contributed by atoms with Crippen LogP contribution < -0.4 is 0 Å². The van der Waals surface area contributed by atoms with Crippen molar-refractivity contribution in [3.63, 3.8) is 0 Å². The molecular weight excluding hydrogens is 339 g/mol. The maximum absolute atomic E-state index is 13.1. The van der Waals surface area contributed by atoms with Crippen molar-refractivity contribution in [1.82, 2.24) is 35.0 Å². The molecule has 1 fully saturated rings. The number of nitrogens with zero attached hydrogens (tertiary/aromatic N) is 6. The van der Waals surface area contributed by atoms with Gasteiger partial charge in [0.2, 0.25) is 0 Å². The van der Waals surface area contributed by atoms with E-state index in [1.807, 2.05) is 19.0 Å². The fourth-order valence-corrected chi connectivity index (χ4v) is 3.15. The molecule has 11 heteroatoms. The van der Waals surface area contributed by atoms with Gasteiger partial charge >= 0.3 is 6.18 Å². The number of hydrogen-bond acceptors (Lipinski definition) is 5. The van der Waals surface area contributed by atoms with Gasteiger partial charge < -0.3 is 9.80 Å². The number of nitrogens with one attached hydrogen (secondary N) is 1. The molecule has 2 aromatic rings. The number of H-pyrrole nitrogens is 1. The van der Waals surface area contributed by atoms with E-state index in [1.165, 1.54) is 18.0 Å². The molecule has 0 saturated carbocycles.